The third-order valence-electron chi connectivity index (χ3n) is 4.23. The van der Waals surface area contributed by atoms with Crippen LogP contribution in [0.4, 0.5) is 5.13 Å². The molecule has 0 saturated carbocycles. The van der Waals surface area contributed by atoms with E-state index >= 15 is 0 Å². The van der Waals surface area contributed by atoms with Gasteiger partial charge in [0.15, 0.2) is 10.7 Å². The lowest BCUT2D eigenvalue weighted by molar-refractivity contribution is -0.115. The summed E-state index contributed by atoms with van der Waals surface area (Å²) in [6, 6.07) is 9.69. The summed E-state index contributed by atoms with van der Waals surface area (Å²) in [5, 5.41) is 8.41. The zero-order valence-electron chi connectivity index (χ0n) is 15.3. The Morgan fingerprint density at radius 3 is 2.93 bits per heavy atom. The second-order valence-corrected chi connectivity index (χ2v) is 7.42. The standard InChI is InChI=1S/C20H19N3O3S/c1-4-25-13-5-6-14-17(9-13)27-20(21-14)22-18(24)10-15-19-12(3)7-11(2)8-16(19)26-23-15/h5-9H,4,10H2,1-3H3,(H,21,22,24). The number of aromatic nitrogens is 2. The minimum atomic E-state index is -0.172. The summed E-state index contributed by atoms with van der Waals surface area (Å²) in [5.41, 5.74) is 4.33. The fourth-order valence-corrected chi connectivity index (χ4v) is 4.08. The number of nitrogens with zero attached hydrogens (tertiary/aromatic N) is 2. The van der Waals surface area contributed by atoms with Crippen LogP contribution in [-0.4, -0.2) is 22.7 Å². The van der Waals surface area contributed by atoms with E-state index in [1.54, 1.807) is 0 Å². The van der Waals surface area contributed by atoms with Gasteiger partial charge in [-0.3, -0.25) is 4.79 Å². The lowest BCUT2D eigenvalue weighted by atomic mass is 10.0. The number of anilines is 1. The first kappa shape index (κ1) is 17.5. The van der Waals surface area contributed by atoms with E-state index in [0.717, 1.165) is 32.5 Å². The molecule has 0 fully saturated rings. The maximum atomic E-state index is 12.5. The minimum absolute atomic E-state index is 0.136. The van der Waals surface area contributed by atoms with Gasteiger partial charge >= 0.3 is 0 Å². The van der Waals surface area contributed by atoms with Gasteiger partial charge in [-0.15, -0.1) is 0 Å². The second-order valence-electron chi connectivity index (χ2n) is 6.39. The highest BCUT2D eigenvalue weighted by atomic mass is 32.1. The molecule has 2 aromatic carbocycles. The molecule has 0 atom stereocenters. The van der Waals surface area contributed by atoms with Crippen LogP contribution in [0.15, 0.2) is 34.9 Å². The number of aryl methyl sites for hydroxylation is 2. The molecule has 0 aliphatic carbocycles. The number of carbonyl (C=O) groups is 1. The predicted octanol–water partition coefficient (Wildman–Crippen LogP) is 4.63. The molecule has 0 unspecified atom stereocenters. The molecule has 0 bridgehead atoms. The molecule has 0 spiro atoms. The molecular weight excluding hydrogens is 362 g/mol. The molecule has 138 valence electrons. The van der Waals surface area contributed by atoms with E-state index in [-0.39, 0.29) is 12.3 Å². The lowest BCUT2D eigenvalue weighted by Gasteiger charge is -2.01. The maximum Gasteiger partial charge on any atom is 0.232 e. The number of amides is 1. The van der Waals surface area contributed by atoms with Crippen molar-refractivity contribution in [3.63, 3.8) is 0 Å². The van der Waals surface area contributed by atoms with Gasteiger partial charge < -0.3 is 14.6 Å². The van der Waals surface area contributed by atoms with Crippen molar-refractivity contribution in [3.05, 3.63) is 47.2 Å². The fraction of sp³-hybridized carbons (Fsp3) is 0.250. The lowest BCUT2D eigenvalue weighted by Crippen LogP contribution is -2.14. The second kappa shape index (κ2) is 7.00. The minimum Gasteiger partial charge on any atom is -0.494 e. The van der Waals surface area contributed by atoms with E-state index in [2.05, 4.69) is 21.5 Å². The molecule has 1 N–H and O–H groups in total. The number of hydrogen-bond donors (Lipinski definition) is 1. The number of rotatable bonds is 5. The summed E-state index contributed by atoms with van der Waals surface area (Å²) in [6.07, 6.45) is 0.136. The van der Waals surface area contributed by atoms with Crippen molar-refractivity contribution in [3.8, 4) is 5.75 Å². The Morgan fingerprint density at radius 2 is 2.11 bits per heavy atom. The van der Waals surface area contributed by atoms with Gasteiger partial charge in [-0.05, 0) is 56.2 Å². The summed E-state index contributed by atoms with van der Waals surface area (Å²) < 4.78 is 11.9. The quantitative estimate of drug-likeness (QED) is 0.545. The van der Waals surface area contributed by atoms with E-state index in [1.807, 2.05) is 45.0 Å². The van der Waals surface area contributed by atoms with Crippen LogP contribution in [0, 0.1) is 13.8 Å². The molecule has 2 aromatic heterocycles. The Morgan fingerprint density at radius 1 is 1.26 bits per heavy atom. The normalized spacial score (nSPS) is 11.2. The van der Waals surface area contributed by atoms with Gasteiger partial charge in [-0.25, -0.2) is 4.98 Å². The number of nitrogens with one attached hydrogen (secondary N) is 1. The van der Waals surface area contributed by atoms with E-state index in [0.29, 0.717) is 23.0 Å². The third kappa shape index (κ3) is 3.50. The summed E-state index contributed by atoms with van der Waals surface area (Å²) in [4.78, 5) is 17.0. The van der Waals surface area contributed by atoms with Crippen molar-refractivity contribution in [2.24, 2.45) is 0 Å². The topological polar surface area (TPSA) is 77.2 Å². The predicted molar refractivity (Wildman–Crippen MR) is 107 cm³/mol. The van der Waals surface area contributed by atoms with Gasteiger partial charge in [0, 0.05) is 5.39 Å². The number of hydrogen-bond acceptors (Lipinski definition) is 6. The van der Waals surface area contributed by atoms with E-state index in [9.17, 15) is 4.79 Å². The molecule has 1 amide bonds. The molecule has 4 aromatic rings. The Hall–Kier alpha value is -2.93. The number of thiazole rings is 1. The molecule has 6 nitrogen and oxygen atoms in total. The highest BCUT2D eigenvalue weighted by Crippen LogP contribution is 2.30. The van der Waals surface area contributed by atoms with Crippen LogP contribution < -0.4 is 10.1 Å². The highest BCUT2D eigenvalue weighted by molar-refractivity contribution is 7.22. The van der Waals surface area contributed by atoms with Crippen molar-refractivity contribution in [1.82, 2.24) is 10.1 Å². The van der Waals surface area contributed by atoms with Crippen LogP contribution >= 0.6 is 11.3 Å². The molecular formula is C20H19N3O3S. The highest BCUT2D eigenvalue weighted by Gasteiger charge is 2.16. The van der Waals surface area contributed by atoms with Crippen LogP contribution in [0.5, 0.6) is 5.75 Å². The number of fused-ring (bicyclic) bond motifs is 2. The van der Waals surface area contributed by atoms with E-state index in [4.69, 9.17) is 9.26 Å². The van der Waals surface area contributed by atoms with Crippen molar-refractivity contribution in [1.29, 1.82) is 0 Å². The molecule has 7 heteroatoms. The number of carbonyl (C=O) groups excluding carboxylic acids is 1. The van der Waals surface area contributed by atoms with Crippen LogP contribution in [-0.2, 0) is 11.2 Å². The summed E-state index contributed by atoms with van der Waals surface area (Å²) in [7, 11) is 0. The smallest absolute Gasteiger partial charge is 0.232 e. The molecule has 27 heavy (non-hydrogen) atoms. The first-order chi connectivity index (χ1) is 13.0. The van der Waals surface area contributed by atoms with Gasteiger partial charge in [0.25, 0.3) is 0 Å². The molecule has 0 aliphatic rings. The van der Waals surface area contributed by atoms with Gasteiger partial charge in [0.05, 0.1) is 23.2 Å². The van der Waals surface area contributed by atoms with Crippen molar-refractivity contribution >= 4 is 43.6 Å². The monoisotopic (exact) mass is 381 g/mol. The Labute approximate surface area is 160 Å². The van der Waals surface area contributed by atoms with Crippen LogP contribution in [0.1, 0.15) is 23.7 Å². The van der Waals surface area contributed by atoms with Crippen molar-refractivity contribution < 1.29 is 14.1 Å². The van der Waals surface area contributed by atoms with Crippen LogP contribution in [0.3, 0.4) is 0 Å². The zero-order chi connectivity index (χ0) is 19.0. The van der Waals surface area contributed by atoms with Crippen LogP contribution in [0.2, 0.25) is 0 Å². The van der Waals surface area contributed by atoms with Crippen molar-refractivity contribution in [2.75, 3.05) is 11.9 Å². The van der Waals surface area contributed by atoms with Gasteiger partial charge in [0.2, 0.25) is 5.91 Å². The first-order valence-electron chi connectivity index (χ1n) is 8.72. The van der Waals surface area contributed by atoms with Crippen molar-refractivity contribution in [2.45, 2.75) is 27.2 Å². The Kier molecular flexibility index (Phi) is 4.53. The van der Waals surface area contributed by atoms with Gasteiger partial charge in [-0.1, -0.05) is 22.6 Å². The van der Waals surface area contributed by atoms with Crippen LogP contribution in [0.25, 0.3) is 21.2 Å². The van der Waals surface area contributed by atoms with Gasteiger partial charge in [-0.2, -0.15) is 0 Å². The molecule has 2 heterocycles. The molecule has 4 rings (SSSR count). The summed E-state index contributed by atoms with van der Waals surface area (Å²) in [5.74, 6) is 0.626. The average Bonchev–Trinajstić information content (AvgIpc) is 3.18. The number of benzene rings is 2. The Bertz CT molecular complexity index is 1150. The first-order valence-corrected chi connectivity index (χ1v) is 9.54. The summed E-state index contributed by atoms with van der Waals surface area (Å²) in [6.45, 7) is 6.56. The molecule has 0 saturated heterocycles. The van der Waals surface area contributed by atoms with Gasteiger partial charge in [0.1, 0.15) is 11.4 Å². The molecule has 0 radical (unpaired) electrons. The zero-order valence-corrected chi connectivity index (χ0v) is 16.1. The Balaban J connectivity index is 1.53. The maximum absolute atomic E-state index is 12.5. The average molecular weight is 381 g/mol. The SMILES string of the molecule is CCOc1ccc2nc(NC(=O)Cc3noc4cc(C)cc(C)c34)sc2c1. The van der Waals surface area contributed by atoms with E-state index < -0.39 is 0 Å². The third-order valence-corrected chi connectivity index (χ3v) is 5.17. The molecule has 0 aliphatic heterocycles. The fourth-order valence-electron chi connectivity index (χ4n) is 3.17. The largest absolute Gasteiger partial charge is 0.494 e. The summed E-state index contributed by atoms with van der Waals surface area (Å²) >= 11 is 1.42. The number of ether oxygens (including phenoxy) is 1. The van der Waals surface area contributed by atoms with E-state index in [1.165, 1.54) is 11.3 Å².